The number of anilines is 1. The molecule has 0 aliphatic carbocycles. The van der Waals surface area contributed by atoms with Gasteiger partial charge in [-0.25, -0.2) is 8.42 Å². The second-order valence-corrected chi connectivity index (χ2v) is 9.66. The number of aryl methyl sites for hydroxylation is 3. The number of hydrogen-bond donors (Lipinski definition) is 1. The highest BCUT2D eigenvalue weighted by Gasteiger charge is 2.19. The normalized spacial score (nSPS) is 11.2. The molecule has 0 aliphatic heterocycles. The lowest BCUT2D eigenvalue weighted by molar-refractivity contribution is -0.121. The standard InChI is InChI=1S/C22H29ClN2O4S/c1-16-7-9-20(15-17(16)2)29-13-11-24-22(26)6-5-12-25(30(4,27)28)21-10-8-19(23)14-18(21)3/h7-10,14-15H,5-6,11-13H2,1-4H3,(H,24,26). The lowest BCUT2D eigenvalue weighted by atomic mass is 10.1. The molecule has 0 fully saturated rings. The smallest absolute Gasteiger partial charge is 0.232 e. The monoisotopic (exact) mass is 452 g/mol. The summed E-state index contributed by atoms with van der Waals surface area (Å²) in [5.74, 6) is 0.634. The van der Waals surface area contributed by atoms with Gasteiger partial charge in [0.05, 0.1) is 18.5 Å². The minimum Gasteiger partial charge on any atom is -0.492 e. The van der Waals surface area contributed by atoms with Gasteiger partial charge >= 0.3 is 0 Å². The van der Waals surface area contributed by atoms with Crippen LogP contribution < -0.4 is 14.4 Å². The van der Waals surface area contributed by atoms with Gasteiger partial charge in [-0.15, -0.1) is 0 Å². The van der Waals surface area contributed by atoms with Crippen LogP contribution in [-0.4, -0.2) is 40.3 Å². The second kappa shape index (κ2) is 10.7. The van der Waals surface area contributed by atoms with Gasteiger partial charge in [-0.2, -0.15) is 0 Å². The number of benzene rings is 2. The summed E-state index contributed by atoms with van der Waals surface area (Å²) in [6.07, 6.45) is 1.78. The van der Waals surface area contributed by atoms with Crippen molar-refractivity contribution in [2.45, 2.75) is 33.6 Å². The molecule has 2 aromatic rings. The molecule has 1 N–H and O–H groups in total. The minimum absolute atomic E-state index is 0.139. The van der Waals surface area contributed by atoms with Crippen LogP contribution in [0.25, 0.3) is 0 Å². The van der Waals surface area contributed by atoms with E-state index in [1.165, 1.54) is 9.87 Å². The molecule has 0 aliphatic rings. The van der Waals surface area contributed by atoms with E-state index >= 15 is 0 Å². The van der Waals surface area contributed by atoms with Crippen molar-refractivity contribution in [3.8, 4) is 5.75 Å². The highest BCUT2D eigenvalue weighted by molar-refractivity contribution is 7.92. The highest BCUT2D eigenvalue weighted by atomic mass is 35.5. The number of carbonyl (C=O) groups excluding carboxylic acids is 1. The first-order valence-electron chi connectivity index (χ1n) is 9.78. The summed E-state index contributed by atoms with van der Waals surface area (Å²) in [6.45, 7) is 6.84. The minimum atomic E-state index is -3.47. The SMILES string of the molecule is Cc1ccc(OCCNC(=O)CCCN(c2ccc(Cl)cc2C)S(C)(=O)=O)cc1C. The Hall–Kier alpha value is -2.25. The Morgan fingerprint density at radius 1 is 1.07 bits per heavy atom. The maximum atomic E-state index is 12.2. The molecule has 30 heavy (non-hydrogen) atoms. The molecule has 0 radical (unpaired) electrons. The van der Waals surface area contributed by atoms with Gasteiger partial charge in [0.1, 0.15) is 12.4 Å². The molecule has 0 spiro atoms. The zero-order valence-corrected chi connectivity index (χ0v) is 19.4. The first kappa shape index (κ1) is 24.0. The first-order valence-corrected chi connectivity index (χ1v) is 12.0. The number of nitrogens with one attached hydrogen (secondary N) is 1. The van der Waals surface area contributed by atoms with E-state index in [-0.39, 0.29) is 18.9 Å². The van der Waals surface area contributed by atoms with Crippen LogP contribution in [0, 0.1) is 20.8 Å². The fourth-order valence-electron chi connectivity index (χ4n) is 3.00. The fourth-order valence-corrected chi connectivity index (χ4v) is 4.25. The maximum Gasteiger partial charge on any atom is 0.232 e. The molecule has 0 saturated carbocycles. The van der Waals surface area contributed by atoms with E-state index in [2.05, 4.69) is 5.32 Å². The number of amides is 1. The van der Waals surface area contributed by atoms with E-state index in [1.807, 2.05) is 39.0 Å². The van der Waals surface area contributed by atoms with E-state index in [1.54, 1.807) is 18.2 Å². The lowest BCUT2D eigenvalue weighted by Crippen LogP contribution is -2.33. The zero-order valence-electron chi connectivity index (χ0n) is 17.9. The number of ether oxygens (including phenoxy) is 1. The third-order valence-corrected chi connectivity index (χ3v) is 6.18. The first-order chi connectivity index (χ1) is 14.1. The van der Waals surface area contributed by atoms with Crippen molar-refractivity contribution in [1.82, 2.24) is 5.32 Å². The average molecular weight is 453 g/mol. The van der Waals surface area contributed by atoms with Crippen molar-refractivity contribution in [3.05, 3.63) is 58.1 Å². The fraction of sp³-hybridized carbons (Fsp3) is 0.409. The summed E-state index contributed by atoms with van der Waals surface area (Å²) in [4.78, 5) is 12.1. The topological polar surface area (TPSA) is 75.7 Å². The van der Waals surface area contributed by atoms with Crippen molar-refractivity contribution in [2.75, 3.05) is 30.3 Å². The Balaban J connectivity index is 1.79. The lowest BCUT2D eigenvalue weighted by Gasteiger charge is -2.24. The molecule has 0 saturated heterocycles. The van der Waals surface area contributed by atoms with E-state index in [0.29, 0.717) is 30.3 Å². The van der Waals surface area contributed by atoms with Crippen molar-refractivity contribution in [1.29, 1.82) is 0 Å². The maximum absolute atomic E-state index is 12.2. The molecule has 8 heteroatoms. The molecule has 0 aromatic heterocycles. The summed E-state index contributed by atoms with van der Waals surface area (Å²) in [6, 6.07) is 10.9. The Morgan fingerprint density at radius 3 is 2.43 bits per heavy atom. The van der Waals surface area contributed by atoms with Gasteiger partial charge < -0.3 is 10.1 Å². The van der Waals surface area contributed by atoms with Crippen LogP contribution >= 0.6 is 11.6 Å². The third-order valence-electron chi connectivity index (χ3n) is 4.76. The van der Waals surface area contributed by atoms with Gasteiger partial charge in [-0.3, -0.25) is 9.10 Å². The molecule has 2 rings (SSSR count). The molecule has 1 amide bonds. The van der Waals surface area contributed by atoms with Crippen LogP contribution in [0.3, 0.4) is 0 Å². The Kier molecular flexibility index (Phi) is 8.55. The van der Waals surface area contributed by atoms with E-state index in [9.17, 15) is 13.2 Å². The van der Waals surface area contributed by atoms with Crippen molar-refractivity contribution in [2.24, 2.45) is 0 Å². The van der Waals surface area contributed by atoms with Crippen LogP contribution in [0.5, 0.6) is 5.75 Å². The van der Waals surface area contributed by atoms with Gasteiger partial charge in [0.2, 0.25) is 15.9 Å². The average Bonchev–Trinajstić information content (AvgIpc) is 2.65. The van der Waals surface area contributed by atoms with Gasteiger partial charge in [0.25, 0.3) is 0 Å². The molecule has 0 heterocycles. The van der Waals surface area contributed by atoms with Crippen molar-refractivity contribution < 1.29 is 17.9 Å². The number of carbonyl (C=O) groups is 1. The molecule has 6 nitrogen and oxygen atoms in total. The molecule has 164 valence electrons. The Morgan fingerprint density at radius 2 is 1.80 bits per heavy atom. The molecule has 0 bridgehead atoms. The van der Waals surface area contributed by atoms with E-state index < -0.39 is 10.0 Å². The zero-order chi connectivity index (χ0) is 22.3. The van der Waals surface area contributed by atoms with Gasteiger partial charge in [0.15, 0.2) is 0 Å². The number of hydrogen-bond acceptors (Lipinski definition) is 4. The van der Waals surface area contributed by atoms with Crippen LogP contribution in [0.4, 0.5) is 5.69 Å². The molecule has 2 aromatic carbocycles. The second-order valence-electron chi connectivity index (χ2n) is 7.31. The summed E-state index contributed by atoms with van der Waals surface area (Å²) in [5, 5.41) is 3.35. The predicted octanol–water partition coefficient (Wildman–Crippen LogP) is 4.01. The summed E-state index contributed by atoms with van der Waals surface area (Å²) in [7, 11) is -3.47. The van der Waals surface area contributed by atoms with E-state index in [4.69, 9.17) is 16.3 Å². The van der Waals surface area contributed by atoms with Crippen LogP contribution in [0.1, 0.15) is 29.5 Å². The quantitative estimate of drug-likeness (QED) is 0.552. The van der Waals surface area contributed by atoms with Crippen molar-refractivity contribution in [3.63, 3.8) is 0 Å². The molecular formula is C22H29ClN2O4S. The van der Waals surface area contributed by atoms with Crippen LogP contribution in [0.15, 0.2) is 36.4 Å². The molecule has 0 unspecified atom stereocenters. The predicted molar refractivity (Wildman–Crippen MR) is 122 cm³/mol. The summed E-state index contributed by atoms with van der Waals surface area (Å²) in [5.41, 5.74) is 3.69. The summed E-state index contributed by atoms with van der Waals surface area (Å²) >= 11 is 5.96. The number of sulfonamides is 1. The van der Waals surface area contributed by atoms with Gasteiger partial charge in [-0.1, -0.05) is 17.7 Å². The summed E-state index contributed by atoms with van der Waals surface area (Å²) < 4.78 is 31.4. The highest BCUT2D eigenvalue weighted by Crippen LogP contribution is 2.26. The largest absolute Gasteiger partial charge is 0.492 e. The van der Waals surface area contributed by atoms with Gasteiger partial charge in [-0.05, 0) is 74.2 Å². The molecular weight excluding hydrogens is 424 g/mol. The third kappa shape index (κ3) is 7.22. The number of nitrogens with zero attached hydrogens (tertiary/aromatic N) is 1. The number of rotatable bonds is 10. The van der Waals surface area contributed by atoms with Crippen molar-refractivity contribution >= 4 is 33.2 Å². The van der Waals surface area contributed by atoms with Gasteiger partial charge in [0, 0.05) is 18.0 Å². The Labute approximate surface area is 184 Å². The molecule has 0 atom stereocenters. The Bertz CT molecular complexity index is 993. The van der Waals surface area contributed by atoms with Crippen LogP contribution in [0.2, 0.25) is 5.02 Å². The van der Waals surface area contributed by atoms with E-state index in [0.717, 1.165) is 23.1 Å². The number of halogens is 1. The van der Waals surface area contributed by atoms with Crippen LogP contribution in [-0.2, 0) is 14.8 Å².